The number of aromatic nitrogens is 1. The van der Waals surface area contributed by atoms with Crippen LogP contribution in [0.5, 0.6) is 0 Å². The number of hydrogen-bond donors (Lipinski definition) is 2. The van der Waals surface area contributed by atoms with Crippen LogP contribution in [0, 0.1) is 30.1 Å². The number of aliphatic hydroxyl groups excluding tert-OH is 2. The van der Waals surface area contributed by atoms with Crippen LogP contribution in [0.15, 0.2) is 23.1 Å². The predicted molar refractivity (Wildman–Crippen MR) is 143 cm³/mol. The lowest BCUT2D eigenvalue weighted by Gasteiger charge is -2.36. The standard InChI is InChI=1S/C28H42N2O5S/c1-16-9-11-22(17(2)13-21-15-36-20(5)29-21)30(8)25(33)14-24(32)28(6,7)27(35)19(4)26(34)18(3)23(31)12-10-16/h10,12-13,15-16,18-19,22,24,26,32,34H,9,11,14H2,1-8H3/b12-10+,17-13?/t16?,18-,19+,22-,24-,26-/m0/s1. The van der Waals surface area contributed by atoms with Crippen molar-refractivity contribution in [2.24, 2.45) is 23.2 Å². The number of allylic oxidation sites excluding steroid dienone is 2. The summed E-state index contributed by atoms with van der Waals surface area (Å²) in [6.45, 7) is 12.3. The summed E-state index contributed by atoms with van der Waals surface area (Å²) in [6, 6.07) is -0.232. The number of rotatable bonds is 2. The number of ketones is 2. The molecule has 1 amide bonds. The molecule has 0 saturated heterocycles. The first kappa shape index (κ1) is 30.1. The van der Waals surface area contributed by atoms with Crippen molar-refractivity contribution in [2.75, 3.05) is 7.05 Å². The minimum atomic E-state index is -1.28. The number of likely N-dealkylation sites (N-methyl/N-ethyl adjacent to an activating group) is 1. The Morgan fingerprint density at radius 1 is 1.14 bits per heavy atom. The van der Waals surface area contributed by atoms with Crippen LogP contribution >= 0.6 is 11.3 Å². The zero-order valence-corrected chi connectivity index (χ0v) is 23.6. The molecule has 1 aromatic heterocycles. The number of thiazole rings is 1. The van der Waals surface area contributed by atoms with Crippen molar-refractivity contribution in [1.29, 1.82) is 0 Å². The van der Waals surface area contributed by atoms with E-state index in [-0.39, 0.29) is 35.9 Å². The molecule has 2 heterocycles. The van der Waals surface area contributed by atoms with E-state index in [1.165, 1.54) is 6.08 Å². The quantitative estimate of drug-likeness (QED) is 0.607. The highest BCUT2D eigenvalue weighted by Crippen LogP contribution is 2.32. The van der Waals surface area contributed by atoms with E-state index in [0.717, 1.165) is 22.7 Å². The van der Waals surface area contributed by atoms with Crippen molar-refractivity contribution in [3.05, 3.63) is 33.8 Å². The first-order valence-electron chi connectivity index (χ1n) is 12.6. The van der Waals surface area contributed by atoms with E-state index in [1.54, 1.807) is 51.0 Å². The maximum absolute atomic E-state index is 13.3. The summed E-state index contributed by atoms with van der Waals surface area (Å²) in [5, 5.41) is 24.7. The molecule has 0 aromatic carbocycles. The summed E-state index contributed by atoms with van der Waals surface area (Å²) in [4.78, 5) is 45.5. The molecule has 1 unspecified atom stereocenters. The summed E-state index contributed by atoms with van der Waals surface area (Å²) in [5.74, 6) is -2.45. The molecule has 1 aliphatic rings. The Morgan fingerprint density at radius 3 is 2.36 bits per heavy atom. The molecule has 200 valence electrons. The molecular formula is C28H42N2O5S. The lowest BCUT2D eigenvalue weighted by molar-refractivity contribution is -0.145. The Kier molecular flexibility index (Phi) is 10.3. The zero-order chi connectivity index (χ0) is 27.4. The largest absolute Gasteiger partial charge is 0.392 e. The molecule has 0 bridgehead atoms. The Hall–Kier alpha value is -2.16. The van der Waals surface area contributed by atoms with Crippen LogP contribution in [-0.4, -0.2) is 62.9 Å². The number of carbonyl (C=O) groups excluding carboxylic acids is 3. The topological polar surface area (TPSA) is 108 Å². The fourth-order valence-electron chi connectivity index (χ4n) is 4.68. The van der Waals surface area contributed by atoms with Crippen molar-refractivity contribution < 1.29 is 24.6 Å². The number of Topliss-reactive ketones (excluding diaryl/α,β-unsaturated/α-hetero) is 1. The van der Waals surface area contributed by atoms with E-state index in [4.69, 9.17) is 0 Å². The van der Waals surface area contributed by atoms with Crippen molar-refractivity contribution in [2.45, 2.75) is 86.0 Å². The Labute approximate surface area is 219 Å². The third kappa shape index (κ3) is 7.20. The summed E-state index contributed by atoms with van der Waals surface area (Å²) in [6.07, 6.45) is 4.05. The van der Waals surface area contributed by atoms with Crippen LogP contribution in [0.4, 0.5) is 0 Å². The zero-order valence-electron chi connectivity index (χ0n) is 22.8. The number of aryl methyl sites for hydroxylation is 1. The van der Waals surface area contributed by atoms with E-state index in [2.05, 4.69) is 4.98 Å². The predicted octanol–water partition coefficient (Wildman–Crippen LogP) is 4.22. The monoisotopic (exact) mass is 518 g/mol. The molecule has 7 nitrogen and oxygen atoms in total. The van der Waals surface area contributed by atoms with Crippen LogP contribution in [0.2, 0.25) is 0 Å². The van der Waals surface area contributed by atoms with Crippen LogP contribution < -0.4 is 0 Å². The summed E-state index contributed by atoms with van der Waals surface area (Å²) < 4.78 is 0. The highest BCUT2D eigenvalue weighted by Gasteiger charge is 2.43. The number of amides is 1. The van der Waals surface area contributed by atoms with E-state index < -0.39 is 29.5 Å². The first-order valence-corrected chi connectivity index (χ1v) is 13.5. The molecule has 0 fully saturated rings. The molecule has 1 aliphatic heterocycles. The van der Waals surface area contributed by atoms with Gasteiger partial charge in [0, 0.05) is 24.3 Å². The minimum absolute atomic E-state index is 0.0649. The summed E-state index contributed by atoms with van der Waals surface area (Å²) in [5.41, 5.74) is 0.536. The summed E-state index contributed by atoms with van der Waals surface area (Å²) in [7, 11) is 1.72. The van der Waals surface area contributed by atoms with Gasteiger partial charge >= 0.3 is 0 Å². The van der Waals surface area contributed by atoms with E-state index in [1.807, 2.05) is 38.3 Å². The summed E-state index contributed by atoms with van der Waals surface area (Å²) >= 11 is 1.56. The van der Waals surface area contributed by atoms with Crippen LogP contribution in [0.3, 0.4) is 0 Å². The van der Waals surface area contributed by atoms with Gasteiger partial charge in [-0.05, 0) is 50.3 Å². The molecule has 6 atom stereocenters. The second-order valence-electron chi connectivity index (χ2n) is 10.9. The van der Waals surface area contributed by atoms with Crippen LogP contribution in [0.1, 0.15) is 71.5 Å². The van der Waals surface area contributed by atoms with Crippen LogP contribution in [-0.2, 0) is 14.4 Å². The molecule has 1 aromatic rings. The van der Waals surface area contributed by atoms with Gasteiger partial charge in [0.05, 0.1) is 40.8 Å². The number of carbonyl (C=O) groups is 3. The highest BCUT2D eigenvalue weighted by molar-refractivity contribution is 7.09. The maximum atomic E-state index is 13.3. The molecule has 36 heavy (non-hydrogen) atoms. The van der Waals surface area contributed by atoms with Gasteiger partial charge in [-0.1, -0.05) is 40.7 Å². The SMILES string of the molecule is CC(=Cc1csc(C)n1)[C@@H]1CCC(C)/C=C/C(=O)[C@H](C)[C@H](O)[C@@H](C)C(=O)C(C)(C)[C@@H](O)CC(=O)N1C. The molecule has 0 aliphatic carbocycles. The van der Waals surface area contributed by atoms with Gasteiger partial charge < -0.3 is 15.1 Å². The van der Waals surface area contributed by atoms with Gasteiger partial charge in [0.1, 0.15) is 5.78 Å². The highest BCUT2D eigenvalue weighted by atomic mass is 32.1. The molecule has 0 saturated carbocycles. The van der Waals surface area contributed by atoms with E-state index >= 15 is 0 Å². The first-order chi connectivity index (χ1) is 16.7. The molecule has 2 N–H and O–H groups in total. The third-order valence-electron chi connectivity index (χ3n) is 7.61. The average molecular weight is 519 g/mol. The van der Waals surface area contributed by atoms with Crippen LogP contribution in [0.25, 0.3) is 6.08 Å². The second kappa shape index (κ2) is 12.4. The third-order valence-corrected chi connectivity index (χ3v) is 8.40. The van der Waals surface area contributed by atoms with Gasteiger partial charge in [-0.25, -0.2) is 4.98 Å². The lowest BCUT2D eigenvalue weighted by atomic mass is 9.73. The van der Waals surface area contributed by atoms with E-state index in [9.17, 15) is 24.6 Å². The fourth-order valence-corrected chi connectivity index (χ4v) is 5.25. The van der Waals surface area contributed by atoms with E-state index in [0.29, 0.717) is 6.42 Å². The lowest BCUT2D eigenvalue weighted by Crippen LogP contribution is -2.48. The Balaban J connectivity index is 2.45. The van der Waals surface area contributed by atoms with Gasteiger partial charge in [0.2, 0.25) is 5.91 Å². The molecule has 0 spiro atoms. The molecular weight excluding hydrogens is 476 g/mol. The Morgan fingerprint density at radius 2 is 1.78 bits per heavy atom. The molecule has 8 heteroatoms. The minimum Gasteiger partial charge on any atom is -0.392 e. The molecule has 2 rings (SSSR count). The number of aliphatic hydroxyl groups is 2. The fraction of sp³-hybridized carbons (Fsp3) is 0.643. The average Bonchev–Trinajstić information content (AvgIpc) is 3.23. The second-order valence-corrected chi connectivity index (χ2v) is 12.0. The van der Waals surface area contributed by atoms with Gasteiger partial charge in [-0.3, -0.25) is 14.4 Å². The molecule has 0 radical (unpaired) electrons. The van der Waals surface area contributed by atoms with Crippen molar-refractivity contribution >= 4 is 34.9 Å². The van der Waals surface area contributed by atoms with Gasteiger partial charge in [0.25, 0.3) is 0 Å². The van der Waals surface area contributed by atoms with Gasteiger partial charge in [0.15, 0.2) is 5.78 Å². The van der Waals surface area contributed by atoms with Gasteiger partial charge in [-0.2, -0.15) is 0 Å². The Bertz CT molecular complexity index is 1010. The number of hydrogen-bond acceptors (Lipinski definition) is 7. The van der Waals surface area contributed by atoms with Gasteiger partial charge in [-0.15, -0.1) is 11.3 Å². The van der Waals surface area contributed by atoms with Crippen molar-refractivity contribution in [1.82, 2.24) is 9.88 Å². The maximum Gasteiger partial charge on any atom is 0.225 e. The number of nitrogens with zero attached hydrogens (tertiary/aromatic N) is 2. The smallest absolute Gasteiger partial charge is 0.225 e. The van der Waals surface area contributed by atoms with Crippen molar-refractivity contribution in [3.63, 3.8) is 0 Å². The van der Waals surface area contributed by atoms with Crippen molar-refractivity contribution in [3.8, 4) is 0 Å². The normalized spacial score (nSPS) is 32.6.